The van der Waals surface area contributed by atoms with Crippen LogP contribution < -0.4 is 10.6 Å². The number of amides is 2. The molecule has 0 heterocycles. The average molecular weight is 512 g/mol. The van der Waals surface area contributed by atoms with E-state index in [1.807, 2.05) is 98.8 Å². The Kier molecular flexibility index (Phi) is 7.63. The van der Waals surface area contributed by atoms with E-state index in [1.165, 1.54) is 0 Å². The van der Waals surface area contributed by atoms with Gasteiger partial charge in [-0.1, -0.05) is 74.5 Å². The first-order chi connectivity index (χ1) is 14.5. The molecule has 1 atom stereocenters. The summed E-state index contributed by atoms with van der Waals surface area (Å²) in [5.74, 6) is -0.965. The maximum atomic E-state index is 13.4. The molecule has 0 fully saturated rings. The quantitative estimate of drug-likeness (QED) is 0.428. The summed E-state index contributed by atoms with van der Waals surface area (Å²) in [4.78, 5) is 26.3. The van der Waals surface area contributed by atoms with Gasteiger partial charge < -0.3 is 10.6 Å². The highest BCUT2D eigenvalue weighted by Gasteiger charge is 2.29. The molecule has 2 amide bonds. The van der Waals surface area contributed by atoms with Crippen LogP contribution in [-0.2, 0) is 9.59 Å². The van der Waals surface area contributed by atoms with Crippen LogP contribution in [0.4, 0.5) is 5.69 Å². The van der Waals surface area contributed by atoms with Gasteiger partial charge in [0, 0.05) is 9.26 Å². The van der Waals surface area contributed by atoms with Crippen molar-refractivity contribution < 1.29 is 9.59 Å². The van der Waals surface area contributed by atoms with Crippen LogP contribution in [0.2, 0.25) is 0 Å². The van der Waals surface area contributed by atoms with Gasteiger partial charge in [0.05, 0.1) is 5.92 Å². The lowest BCUT2D eigenvalue weighted by Crippen LogP contribution is -2.48. The van der Waals surface area contributed by atoms with Crippen LogP contribution >= 0.6 is 22.6 Å². The fourth-order valence-electron chi connectivity index (χ4n) is 3.31. The van der Waals surface area contributed by atoms with Crippen LogP contribution in [0.25, 0.3) is 0 Å². The monoisotopic (exact) mass is 512 g/mol. The number of benzene rings is 3. The lowest BCUT2D eigenvalue weighted by atomic mass is 9.89. The second-order valence-corrected chi connectivity index (χ2v) is 8.73. The summed E-state index contributed by atoms with van der Waals surface area (Å²) in [5, 5.41) is 5.91. The first-order valence-corrected chi connectivity index (χ1v) is 11.0. The predicted molar refractivity (Wildman–Crippen MR) is 129 cm³/mol. The molecule has 0 spiro atoms. The fraction of sp³-hybridized carbons (Fsp3) is 0.200. The maximum Gasteiger partial charge on any atom is 0.247 e. The Bertz CT molecular complexity index is 934. The van der Waals surface area contributed by atoms with E-state index in [0.717, 1.165) is 14.7 Å². The third-order valence-electron chi connectivity index (χ3n) is 4.89. The van der Waals surface area contributed by atoms with Crippen molar-refractivity contribution in [3.63, 3.8) is 0 Å². The van der Waals surface area contributed by atoms with E-state index in [-0.39, 0.29) is 17.7 Å². The second kappa shape index (κ2) is 10.4. The minimum Gasteiger partial charge on any atom is -0.343 e. The van der Waals surface area contributed by atoms with Crippen molar-refractivity contribution in [2.45, 2.75) is 25.8 Å². The first-order valence-electron chi connectivity index (χ1n) is 9.92. The van der Waals surface area contributed by atoms with Crippen molar-refractivity contribution >= 4 is 40.1 Å². The summed E-state index contributed by atoms with van der Waals surface area (Å²) < 4.78 is 1.09. The van der Waals surface area contributed by atoms with E-state index in [4.69, 9.17) is 0 Å². The number of hydrogen-bond donors (Lipinski definition) is 2. The Labute approximate surface area is 191 Å². The number of halogens is 1. The van der Waals surface area contributed by atoms with Crippen LogP contribution in [0, 0.1) is 9.49 Å². The molecule has 0 saturated carbocycles. The average Bonchev–Trinajstić information content (AvgIpc) is 2.75. The van der Waals surface area contributed by atoms with Crippen molar-refractivity contribution in [2.24, 2.45) is 5.92 Å². The molecule has 0 unspecified atom stereocenters. The van der Waals surface area contributed by atoms with Gasteiger partial charge in [0.1, 0.15) is 6.04 Å². The van der Waals surface area contributed by atoms with Gasteiger partial charge in [-0.2, -0.15) is 0 Å². The molecular weight excluding hydrogens is 487 g/mol. The van der Waals surface area contributed by atoms with E-state index >= 15 is 0 Å². The van der Waals surface area contributed by atoms with Crippen LogP contribution in [-0.4, -0.2) is 17.9 Å². The minimum absolute atomic E-state index is 0.0648. The van der Waals surface area contributed by atoms with Crippen molar-refractivity contribution in [3.8, 4) is 0 Å². The van der Waals surface area contributed by atoms with Crippen LogP contribution in [0.1, 0.15) is 30.9 Å². The molecule has 3 aromatic carbocycles. The molecule has 0 saturated heterocycles. The summed E-state index contributed by atoms with van der Waals surface area (Å²) >= 11 is 2.22. The standard InChI is InChI=1S/C25H25IN2O2/c1-17(2)23(25(30)27-21-15-13-20(26)14-16-21)28-24(29)22(18-9-5-3-6-10-18)19-11-7-4-8-12-19/h3-17,22-23H,1-2H3,(H,27,30)(H,28,29)/t23-/m1/s1. The summed E-state index contributed by atoms with van der Waals surface area (Å²) in [6.45, 7) is 3.86. The predicted octanol–water partition coefficient (Wildman–Crippen LogP) is 5.20. The van der Waals surface area contributed by atoms with E-state index in [9.17, 15) is 9.59 Å². The third-order valence-corrected chi connectivity index (χ3v) is 5.61. The Hall–Kier alpha value is -2.67. The van der Waals surface area contributed by atoms with Crippen LogP contribution in [0.3, 0.4) is 0 Å². The van der Waals surface area contributed by atoms with Gasteiger partial charge in [-0.25, -0.2) is 0 Å². The lowest BCUT2D eigenvalue weighted by molar-refractivity contribution is -0.127. The highest BCUT2D eigenvalue weighted by Crippen LogP contribution is 2.25. The lowest BCUT2D eigenvalue weighted by Gasteiger charge is -2.25. The minimum atomic E-state index is -0.647. The third kappa shape index (κ3) is 5.69. The smallest absolute Gasteiger partial charge is 0.247 e. The number of carbonyl (C=O) groups excluding carboxylic acids is 2. The molecule has 0 aliphatic heterocycles. The molecule has 3 aromatic rings. The van der Waals surface area contributed by atoms with Gasteiger partial charge in [-0.05, 0) is 63.9 Å². The zero-order chi connectivity index (χ0) is 21.5. The van der Waals surface area contributed by atoms with Crippen molar-refractivity contribution in [3.05, 3.63) is 99.6 Å². The molecule has 0 aromatic heterocycles. The number of rotatable bonds is 7. The summed E-state index contributed by atoms with van der Waals surface area (Å²) in [6.07, 6.45) is 0. The van der Waals surface area contributed by atoms with Gasteiger partial charge in [0.15, 0.2) is 0 Å². The molecule has 0 aliphatic carbocycles. The van der Waals surface area contributed by atoms with Crippen molar-refractivity contribution in [2.75, 3.05) is 5.32 Å². The van der Waals surface area contributed by atoms with Gasteiger partial charge in [-0.15, -0.1) is 0 Å². The molecule has 154 valence electrons. The molecule has 0 bridgehead atoms. The number of hydrogen-bond acceptors (Lipinski definition) is 2. The summed E-state index contributed by atoms with van der Waals surface area (Å²) in [5.41, 5.74) is 2.49. The van der Waals surface area contributed by atoms with E-state index in [1.54, 1.807) is 0 Å². The summed E-state index contributed by atoms with van der Waals surface area (Å²) in [7, 11) is 0. The molecule has 30 heavy (non-hydrogen) atoms. The zero-order valence-electron chi connectivity index (χ0n) is 17.0. The highest BCUT2D eigenvalue weighted by atomic mass is 127. The van der Waals surface area contributed by atoms with E-state index in [0.29, 0.717) is 5.69 Å². The fourth-order valence-corrected chi connectivity index (χ4v) is 3.67. The molecule has 0 radical (unpaired) electrons. The number of carbonyl (C=O) groups is 2. The molecular formula is C25H25IN2O2. The number of nitrogens with one attached hydrogen (secondary N) is 2. The molecule has 5 heteroatoms. The van der Waals surface area contributed by atoms with Gasteiger partial charge in [0.2, 0.25) is 11.8 Å². The topological polar surface area (TPSA) is 58.2 Å². The van der Waals surface area contributed by atoms with E-state index < -0.39 is 12.0 Å². The first kappa shape index (κ1) is 22.0. The Morgan fingerprint density at radius 3 is 1.70 bits per heavy atom. The second-order valence-electron chi connectivity index (χ2n) is 7.48. The van der Waals surface area contributed by atoms with Crippen molar-refractivity contribution in [1.29, 1.82) is 0 Å². The Morgan fingerprint density at radius 2 is 1.23 bits per heavy atom. The molecule has 2 N–H and O–H groups in total. The molecule has 4 nitrogen and oxygen atoms in total. The highest BCUT2D eigenvalue weighted by molar-refractivity contribution is 14.1. The van der Waals surface area contributed by atoms with E-state index in [2.05, 4.69) is 33.2 Å². The molecule has 3 rings (SSSR count). The Balaban J connectivity index is 1.82. The maximum absolute atomic E-state index is 13.4. The van der Waals surface area contributed by atoms with Crippen molar-refractivity contribution in [1.82, 2.24) is 5.32 Å². The van der Waals surface area contributed by atoms with Gasteiger partial charge in [-0.3, -0.25) is 9.59 Å². The van der Waals surface area contributed by atoms with Crippen LogP contribution in [0.15, 0.2) is 84.9 Å². The zero-order valence-corrected chi connectivity index (χ0v) is 19.2. The van der Waals surface area contributed by atoms with Crippen LogP contribution in [0.5, 0.6) is 0 Å². The Morgan fingerprint density at radius 1 is 0.733 bits per heavy atom. The number of anilines is 1. The summed E-state index contributed by atoms with van der Waals surface area (Å²) in [6, 6.07) is 26.2. The largest absolute Gasteiger partial charge is 0.343 e. The normalized spacial score (nSPS) is 11.9. The van der Waals surface area contributed by atoms with Gasteiger partial charge >= 0.3 is 0 Å². The molecule has 0 aliphatic rings. The van der Waals surface area contributed by atoms with Gasteiger partial charge in [0.25, 0.3) is 0 Å². The SMILES string of the molecule is CC(C)[C@@H](NC(=O)C(c1ccccc1)c1ccccc1)C(=O)Nc1ccc(I)cc1.